The maximum Gasteiger partial charge on any atom is 0.410 e. The third-order valence-electron chi connectivity index (χ3n) is 5.80. The summed E-state index contributed by atoms with van der Waals surface area (Å²) < 4.78 is 32.1. The van der Waals surface area contributed by atoms with E-state index in [1.54, 1.807) is 43.5 Å². The SMILES string of the molecule is CCC(=O)Nc1ccc(Oc2ccnc3cc(-c4ccc(CN(CCOC)C(=O)OC(C)(C)C)cn4)sc23)c(F)c1. The van der Waals surface area contributed by atoms with Crippen molar-refractivity contribution in [3.8, 4) is 22.1 Å². The Morgan fingerprint density at radius 2 is 1.88 bits per heavy atom. The second-order valence-corrected chi connectivity index (χ2v) is 11.3. The molecule has 1 N–H and O–H groups in total. The van der Waals surface area contributed by atoms with Crippen molar-refractivity contribution >= 4 is 39.2 Å². The predicted octanol–water partition coefficient (Wildman–Crippen LogP) is 7.02. The van der Waals surface area contributed by atoms with Gasteiger partial charge in [0.15, 0.2) is 11.6 Å². The molecule has 0 radical (unpaired) electrons. The first-order chi connectivity index (χ1) is 19.6. The first kappa shape index (κ1) is 29.9. The standard InChI is InChI=1S/C30H33FN4O5S/c1-6-27(36)34-20-8-10-24(21(31)15-20)39-25-11-12-32-23-16-26(41-28(23)25)22-9-7-19(17-33-22)18-35(13-14-38-5)29(37)40-30(2,3)4/h7-12,15-17H,6,13-14,18H2,1-5H3,(H,34,36). The summed E-state index contributed by atoms with van der Waals surface area (Å²) in [5.41, 5.74) is 2.02. The minimum atomic E-state index is -0.607. The molecular weight excluding hydrogens is 547 g/mol. The Bertz CT molecular complexity index is 1520. The van der Waals surface area contributed by atoms with Gasteiger partial charge < -0.3 is 24.4 Å². The summed E-state index contributed by atoms with van der Waals surface area (Å²) in [6, 6.07) is 11.7. The Balaban J connectivity index is 1.51. The van der Waals surface area contributed by atoms with Gasteiger partial charge in [0.05, 0.1) is 33.9 Å². The lowest BCUT2D eigenvalue weighted by Gasteiger charge is -2.27. The van der Waals surface area contributed by atoms with Crippen LogP contribution in [0.5, 0.6) is 11.5 Å². The zero-order valence-electron chi connectivity index (χ0n) is 23.7. The highest BCUT2D eigenvalue weighted by Gasteiger charge is 2.22. The van der Waals surface area contributed by atoms with Gasteiger partial charge in [-0.15, -0.1) is 11.3 Å². The Labute approximate surface area is 242 Å². The van der Waals surface area contributed by atoms with E-state index in [1.165, 1.54) is 23.5 Å². The van der Waals surface area contributed by atoms with E-state index in [0.29, 0.717) is 43.1 Å². The maximum absolute atomic E-state index is 14.8. The average Bonchev–Trinajstić information content (AvgIpc) is 3.37. The van der Waals surface area contributed by atoms with E-state index in [2.05, 4.69) is 15.3 Å². The lowest BCUT2D eigenvalue weighted by Crippen LogP contribution is -2.38. The molecule has 0 bridgehead atoms. The lowest BCUT2D eigenvalue weighted by molar-refractivity contribution is -0.115. The number of pyridine rings is 2. The van der Waals surface area contributed by atoms with Crippen LogP contribution >= 0.6 is 11.3 Å². The lowest BCUT2D eigenvalue weighted by atomic mass is 10.2. The Kier molecular flexibility index (Phi) is 9.51. The number of amides is 2. The number of fused-ring (bicyclic) bond motifs is 1. The van der Waals surface area contributed by atoms with Crippen molar-refractivity contribution in [2.75, 3.05) is 25.6 Å². The molecular formula is C30H33FN4O5S. The van der Waals surface area contributed by atoms with Crippen molar-refractivity contribution in [2.24, 2.45) is 0 Å². The van der Waals surface area contributed by atoms with Gasteiger partial charge >= 0.3 is 6.09 Å². The molecule has 41 heavy (non-hydrogen) atoms. The number of hydrogen-bond acceptors (Lipinski definition) is 8. The number of halogens is 1. The topological polar surface area (TPSA) is 103 Å². The molecule has 0 aliphatic rings. The highest BCUT2D eigenvalue weighted by atomic mass is 32.1. The van der Waals surface area contributed by atoms with E-state index in [9.17, 15) is 14.0 Å². The molecule has 0 unspecified atom stereocenters. The molecule has 0 saturated heterocycles. The summed E-state index contributed by atoms with van der Waals surface area (Å²) >= 11 is 1.43. The molecule has 3 heterocycles. The van der Waals surface area contributed by atoms with Crippen LogP contribution in [0.15, 0.2) is 54.9 Å². The molecule has 0 fully saturated rings. The summed E-state index contributed by atoms with van der Waals surface area (Å²) in [6.07, 6.45) is 3.21. The Hall–Kier alpha value is -4.09. The molecule has 0 saturated carbocycles. The summed E-state index contributed by atoms with van der Waals surface area (Å²) in [5.74, 6) is -0.303. The van der Waals surface area contributed by atoms with Crippen LogP contribution in [0.3, 0.4) is 0 Å². The minimum Gasteiger partial charge on any atom is -0.453 e. The number of hydrogen-bond donors (Lipinski definition) is 1. The van der Waals surface area contributed by atoms with Gasteiger partial charge in [0.1, 0.15) is 11.4 Å². The second kappa shape index (κ2) is 13.0. The number of ether oxygens (including phenoxy) is 3. The third-order valence-corrected chi connectivity index (χ3v) is 6.96. The van der Waals surface area contributed by atoms with Gasteiger partial charge in [0, 0.05) is 50.3 Å². The van der Waals surface area contributed by atoms with Gasteiger partial charge in [0.2, 0.25) is 5.91 Å². The van der Waals surface area contributed by atoms with Crippen LogP contribution in [0, 0.1) is 5.82 Å². The molecule has 11 heteroatoms. The largest absolute Gasteiger partial charge is 0.453 e. The smallest absolute Gasteiger partial charge is 0.410 e. The van der Waals surface area contributed by atoms with Gasteiger partial charge in [-0.1, -0.05) is 13.0 Å². The fourth-order valence-electron chi connectivity index (χ4n) is 3.80. The van der Waals surface area contributed by atoms with Crippen LogP contribution in [0.25, 0.3) is 20.8 Å². The van der Waals surface area contributed by atoms with Crippen LogP contribution in [0.4, 0.5) is 14.9 Å². The first-order valence-electron chi connectivity index (χ1n) is 13.1. The van der Waals surface area contributed by atoms with Crippen molar-refractivity contribution in [1.82, 2.24) is 14.9 Å². The van der Waals surface area contributed by atoms with E-state index in [-0.39, 0.29) is 11.7 Å². The van der Waals surface area contributed by atoms with Crippen LogP contribution in [-0.4, -0.2) is 52.7 Å². The number of anilines is 1. The molecule has 3 aromatic heterocycles. The van der Waals surface area contributed by atoms with Crippen molar-refractivity contribution in [1.29, 1.82) is 0 Å². The Morgan fingerprint density at radius 1 is 1.07 bits per heavy atom. The normalized spacial score (nSPS) is 11.4. The first-order valence-corrected chi connectivity index (χ1v) is 14.0. The number of carbonyl (C=O) groups is 2. The van der Waals surface area contributed by atoms with Gasteiger partial charge in [-0.3, -0.25) is 14.8 Å². The summed E-state index contributed by atoms with van der Waals surface area (Å²) in [6.45, 7) is 8.29. The molecule has 1 aromatic carbocycles. The fourth-order valence-corrected chi connectivity index (χ4v) is 4.84. The fraction of sp³-hybridized carbons (Fsp3) is 0.333. The molecule has 4 aromatic rings. The van der Waals surface area contributed by atoms with Gasteiger partial charge in [-0.25, -0.2) is 9.18 Å². The third kappa shape index (κ3) is 7.99. The van der Waals surface area contributed by atoms with Crippen LogP contribution in [0.1, 0.15) is 39.7 Å². The van der Waals surface area contributed by atoms with Gasteiger partial charge in [-0.05, 0) is 50.6 Å². The van der Waals surface area contributed by atoms with Gasteiger partial charge in [0.25, 0.3) is 0 Å². The van der Waals surface area contributed by atoms with Crippen molar-refractivity contribution < 1.29 is 28.2 Å². The molecule has 2 amide bonds. The number of rotatable bonds is 10. The van der Waals surface area contributed by atoms with Crippen molar-refractivity contribution in [2.45, 2.75) is 46.3 Å². The molecule has 0 atom stereocenters. The summed E-state index contributed by atoms with van der Waals surface area (Å²) in [7, 11) is 1.58. The average molecular weight is 581 g/mol. The molecule has 9 nitrogen and oxygen atoms in total. The molecule has 4 rings (SSSR count). The van der Waals surface area contributed by atoms with E-state index >= 15 is 0 Å². The van der Waals surface area contributed by atoms with Crippen molar-refractivity contribution in [3.05, 3.63) is 66.2 Å². The highest BCUT2D eigenvalue weighted by molar-refractivity contribution is 7.22. The molecule has 0 aliphatic heterocycles. The number of thiophene rings is 1. The monoisotopic (exact) mass is 580 g/mol. The van der Waals surface area contributed by atoms with Crippen LogP contribution < -0.4 is 10.1 Å². The van der Waals surface area contributed by atoms with Gasteiger partial charge in [-0.2, -0.15) is 0 Å². The second-order valence-electron chi connectivity index (χ2n) is 10.2. The number of nitrogens with one attached hydrogen (secondary N) is 1. The van der Waals surface area contributed by atoms with Crippen LogP contribution in [-0.2, 0) is 20.8 Å². The highest BCUT2D eigenvalue weighted by Crippen LogP contribution is 2.39. The maximum atomic E-state index is 14.8. The quantitative estimate of drug-likeness (QED) is 0.215. The summed E-state index contributed by atoms with van der Waals surface area (Å²) in [4.78, 5) is 35.8. The zero-order chi connectivity index (χ0) is 29.6. The molecule has 216 valence electrons. The van der Waals surface area contributed by atoms with Crippen LogP contribution in [0.2, 0.25) is 0 Å². The molecule has 0 spiro atoms. The zero-order valence-corrected chi connectivity index (χ0v) is 24.5. The number of methoxy groups -OCH3 is 1. The number of aromatic nitrogens is 2. The van der Waals surface area contributed by atoms with E-state index in [0.717, 1.165) is 20.8 Å². The number of benzene rings is 1. The molecule has 0 aliphatic carbocycles. The Morgan fingerprint density at radius 3 is 2.54 bits per heavy atom. The van der Waals surface area contributed by atoms with E-state index < -0.39 is 17.5 Å². The predicted molar refractivity (Wildman–Crippen MR) is 157 cm³/mol. The van der Waals surface area contributed by atoms with E-state index in [1.807, 2.05) is 39.0 Å². The number of nitrogens with zero attached hydrogens (tertiary/aromatic N) is 3. The number of carbonyl (C=O) groups excluding carboxylic acids is 2. The van der Waals surface area contributed by atoms with E-state index in [4.69, 9.17) is 14.2 Å². The minimum absolute atomic E-state index is 0.0347. The summed E-state index contributed by atoms with van der Waals surface area (Å²) in [5, 5.41) is 2.63. The van der Waals surface area contributed by atoms with Crippen molar-refractivity contribution in [3.63, 3.8) is 0 Å².